The normalized spacial score (nSPS) is 20.5. The number of nitrogens with zero attached hydrogens (tertiary/aromatic N) is 3. The van der Waals surface area contributed by atoms with Gasteiger partial charge in [-0.1, -0.05) is 44.2 Å². The maximum absolute atomic E-state index is 12.6. The molecule has 0 radical (unpaired) electrons. The quantitative estimate of drug-likeness (QED) is 0.758. The average Bonchev–Trinajstić information content (AvgIpc) is 2.72. The van der Waals surface area contributed by atoms with E-state index in [1.165, 1.54) is 5.70 Å². The van der Waals surface area contributed by atoms with Crippen LogP contribution in [0.15, 0.2) is 65.9 Å². The van der Waals surface area contributed by atoms with E-state index in [9.17, 15) is 10.1 Å². The molecule has 1 aliphatic carbocycles. The molecule has 4 nitrogen and oxygen atoms in total. The first-order valence-electron chi connectivity index (χ1n) is 10.2. The Hall–Kier alpha value is -2.80. The molecule has 0 aromatic heterocycles. The van der Waals surface area contributed by atoms with E-state index >= 15 is 0 Å². The first-order valence-corrected chi connectivity index (χ1v) is 10.2. The molecule has 0 spiro atoms. The van der Waals surface area contributed by atoms with Crippen LogP contribution in [0.2, 0.25) is 0 Å². The van der Waals surface area contributed by atoms with Crippen molar-refractivity contribution in [3.63, 3.8) is 0 Å². The summed E-state index contributed by atoms with van der Waals surface area (Å²) < 4.78 is 0. The van der Waals surface area contributed by atoms with Crippen LogP contribution in [-0.4, -0.2) is 29.9 Å². The number of likely N-dealkylation sites (tertiary alicyclic amines) is 1. The van der Waals surface area contributed by atoms with Gasteiger partial charge in [0, 0.05) is 42.5 Å². The predicted molar refractivity (Wildman–Crippen MR) is 114 cm³/mol. The second-order valence-electron chi connectivity index (χ2n) is 7.58. The first-order chi connectivity index (χ1) is 13.6. The van der Waals surface area contributed by atoms with E-state index in [1.54, 1.807) is 0 Å². The van der Waals surface area contributed by atoms with Crippen molar-refractivity contribution >= 4 is 11.6 Å². The van der Waals surface area contributed by atoms with Gasteiger partial charge in [-0.2, -0.15) is 5.26 Å². The highest BCUT2D eigenvalue weighted by Gasteiger charge is 2.28. The zero-order chi connectivity index (χ0) is 19.9. The molecule has 0 saturated carbocycles. The lowest BCUT2D eigenvalue weighted by Crippen LogP contribution is -2.47. The Bertz CT molecular complexity index is 808. The summed E-state index contributed by atoms with van der Waals surface area (Å²) in [7, 11) is 0. The van der Waals surface area contributed by atoms with Crippen molar-refractivity contribution < 1.29 is 4.79 Å². The van der Waals surface area contributed by atoms with E-state index in [0.29, 0.717) is 12.3 Å². The molecule has 28 heavy (non-hydrogen) atoms. The minimum atomic E-state index is 0.187. The Balaban J connectivity index is 1.71. The van der Waals surface area contributed by atoms with Crippen molar-refractivity contribution in [3.8, 4) is 6.07 Å². The fourth-order valence-electron chi connectivity index (χ4n) is 3.99. The topological polar surface area (TPSA) is 47.3 Å². The van der Waals surface area contributed by atoms with Crippen LogP contribution < -0.4 is 4.90 Å². The highest BCUT2D eigenvalue weighted by Crippen LogP contribution is 2.27. The second kappa shape index (κ2) is 9.41. The Morgan fingerprint density at radius 3 is 2.57 bits per heavy atom. The number of para-hydroxylation sites is 1. The molecular formula is C24H29N3O. The summed E-state index contributed by atoms with van der Waals surface area (Å²) in [5, 5.41) is 9.26. The summed E-state index contributed by atoms with van der Waals surface area (Å²) in [6, 6.07) is 12.5. The van der Waals surface area contributed by atoms with Gasteiger partial charge in [-0.15, -0.1) is 0 Å². The van der Waals surface area contributed by atoms with Crippen molar-refractivity contribution in [3.05, 3.63) is 65.9 Å². The van der Waals surface area contributed by atoms with Gasteiger partial charge in [0.15, 0.2) is 0 Å². The third-order valence-corrected chi connectivity index (χ3v) is 5.53. The SMILES string of the molecule is CCC(=O)N(c1ccccc1)C1CCN(C2=CCC(C)C=C(C#N)C=C2)CC1. The van der Waals surface area contributed by atoms with Crippen molar-refractivity contribution in [2.75, 3.05) is 18.0 Å². The minimum Gasteiger partial charge on any atom is -0.372 e. The number of carbonyl (C=O) groups is 1. The number of allylic oxidation sites excluding steroid dienone is 5. The van der Waals surface area contributed by atoms with Gasteiger partial charge in [-0.05, 0) is 49.5 Å². The zero-order valence-electron chi connectivity index (χ0n) is 16.8. The predicted octanol–water partition coefficient (Wildman–Crippen LogP) is 4.82. The van der Waals surface area contributed by atoms with Crippen molar-refractivity contribution in [1.82, 2.24) is 4.90 Å². The summed E-state index contributed by atoms with van der Waals surface area (Å²) >= 11 is 0. The first kappa shape index (κ1) is 19.9. The van der Waals surface area contributed by atoms with Gasteiger partial charge >= 0.3 is 0 Å². The number of benzene rings is 1. The summed E-state index contributed by atoms with van der Waals surface area (Å²) in [6.45, 7) is 5.91. The summed E-state index contributed by atoms with van der Waals surface area (Å²) in [5.41, 5.74) is 2.92. The maximum atomic E-state index is 12.6. The largest absolute Gasteiger partial charge is 0.372 e. The van der Waals surface area contributed by atoms with E-state index in [0.717, 1.165) is 43.6 Å². The lowest BCUT2D eigenvalue weighted by molar-refractivity contribution is -0.119. The summed E-state index contributed by atoms with van der Waals surface area (Å²) in [5.74, 6) is 0.551. The van der Waals surface area contributed by atoms with E-state index in [2.05, 4.69) is 30.0 Å². The highest BCUT2D eigenvalue weighted by atomic mass is 16.2. The second-order valence-corrected chi connectivity index (χ2v) is 7.58. The molecule has 146 valence electrons. The van der Waals surface area contributed by atoms with E-state index in [4.69, 9.17) is 0 Å². The van der Waals surface area contributed by atoms with Gasteiger partial charge in [0.05, 0.1) is 6.07 Å². The smallest absolute Gasteiger partial charge is 0.226 e. The number of piperidine rings is 1. The summed E-state index contributed by atoms with van der Waals surface area (Å²) in [4.78, 5) is 17.0. The summed E-state index contributed by atoms with van der Waals surface area (Å²) in [6.07, 6.45) is 11.6. The Labute approximate surface area is 168 Å². The number of amides is 1. The molecule has 0 N–H and O–H groups in total. The van der Waals surface area contributed by atoms with E-state index in [-0.39, 0.29) is 11.9 Å². The molecule has 1 unspecified atom stereocenters. The standard InChI is InChI=1S/C24H29N3O/c1-3-24(28)27(22-7-5-4-6-8-22)23-13-15-26(16-14-23)21-11-9-19(2)17-20(18-25)10-12-21/h4-8,10-12,17,19,23H,3,9,13-16H2,1-2H3. The monoisotopic (exact) mass is 375 g/mol. The third kappa shape index (κ3) is 4.72. The minimum absolute atomic E-state index is 0.187. The van der Waals surface area contributed by atoms with Crippen LogP contribution in [0.5, 0.6) is 0 Å². The molecule has 1 aromatic rings. The molecule has 1 aromatic carbocycles. The van der Waals surface area contributed by atoms with Crippen LogP contribution in [0.25, 0.3) is 0 Å². The molecule has 1 atom stereocenters. The van der Waals surface area contributed by atoms with Crippen LogP contribution in [0.1, 0.15) is 39.5 Å². The molecule has 1 aliphatic heterocycles. The van der Waals surface area contributed by atoms with E-state index in [1.807, 2.05) is 54.3 Å². The molecule has 3 rings (SSSR count). The van der Waals surface area contributed by atoms with Crippen molar-refractivity contribution in [1.29, 1.82) is 5.26 Å². The van der Waals surface area contributed by atoms with Gasteiger partial charge in [-0.3, -0.25) is 4.79 Å². The zero-order valence-corrected chi connectivity index (χ0v) is 16.8. The number of hydrogen-bond acceptors (Lipinski definition) is 3. The third-order valence-electron chi connectivity index (χ3n) is 5.53. The van der Waals surface area contributed by atoms with E-state index < -0.39 is 0 Å². The Kier molecular flexibility index (Phi) is 6.71. The number of hydrogen-bond donors (Lipinski definition) is 0. The molecule has 4 heteroatoms. The van der Waals surface area contributed by atoms with Crippen molar-refractivity contribution in [2.24, 2.45) is 5.92 Å². The molecule has 1 fully saturated rings. The molecule has 1 heterocycles. The van der Waals surface area contributed by atoms with Crippen LogP contribution >= 0.6 is 0 Å². The van der Waals surface area contributed by atoms with Crippen LogP contribution in [0.4, 0.5) is 5.69 Å². The molecule has 0 bridgehead atoms. The van der Waals surface area contributed by atoms with Gasteiger partial charge in [0.25, 0.3) is 0 Å². The molecule has 2 aliphatic rings. The lowest BCUT2D eigenvalue weighted by Gasteiger charge is -2.40. The van der Waals surface area contributed by atoms with Crippen LogP contribution in [0, 0.1) is 17.2 Å². The molecular weight excluding hydrogens is 346 g/mol. The van der Waals surface area contributed by atoms with Crippen molar-refractivity contribution in [2.45, 2.75) is 45.6 Å². The average molecular weight is 376 g/mol. The molecule has 1 saturated heterocycles. The fourth-order valence-corrected chi connectivity index (χ4v) is 3.99. The van der Waals surface area contributed by atoms with Crippen LogP contribution in [0.3, 0.4) is 0 Å². The fraction of sp³-hybridized carbons (Fsp3) is 0.417. The number of nitriles is 1. The molecule has 1 amide bonds. The van der Waals surface area contributed by atoms with Gasteiger partial charge in [-0.25, -0.2) is 0 Å². The van der Waals surface area contributed by atoms with Gasteiger partial charge in [0.2, 0.25) is 5.91 Å². The lowest BCUT2D eigenvalue weighted by atomic mass is 9.98. The Morgan fingerprint density at radius 2 is 1.93 bits per heavy atom. The number of anilines is 1. The van der Waals surface area contributed by atoms with Crippen LogP contribution in [-0.2, 0) is 4.79 Å². The van der Waals surface area contributed by atoms with Gasteiger partial charge in [0.1, 0.15) is 0 Å². The van der Waals surface area contributed by atoms with Gasteiger partial charge < -0.3 is 9.80 Å². The maximum Gasteiger partial charge on any atom is 0.226 e. The number of carbonyl (C=O) groups excluding carboxylic acids is 1. The Morgan fingerprint density at radius 1 is 1.21 bits per heavy atom. The number of rotatable bonds is 4. The highest BCUT2D eigenvalue weighted by molar-refractivity contribution is 5.93.